The number of anilines is 2. The summed E-state index contributed by atoms with van der Waals surface area (Å²) >= 11 is 0. The summed E-state index contributed by atoms with van der Waals surface area (Å²) in [5.41, 5.74) is 6.36. The Balaban J connectivity index is 0.000000186. The average Bonchev–Trinajstić information content (AvgIpc) is 3.61. The van der Waals surface area contributed by atoms with Crippen LogP contribution in [0.2, 0.25) is 0 Å². The number of hydrogen-bond donors (Lipinski definition) is 3. The summed E-state index contributed by atoms with van der Waals surface area (Å²) in [6, 6.07) is 19.5. The number of hydrogen-bond acceptors (Lipinski definition) is 8. The van der Waals surface area contributed by atoms with Crippen LogP contribution in [0.1, 0.15) is 5.56 Å². The minimum Gasteiger partial charge on any atom is -0.461 e. The smallest absolute Gasteiger partial charge is 0.320 e. The zero-order valence-corrected chi connectivity index (χ0v) is 16.7. The molecule has 0 atom stereocenters. The molecule has 0 bridgehead atoms. The Bertz CT molecular complexity index is 1230. The number of nitrogens with one attached hydrogen (secondary N) is 2. The number of aromatic nitrogens is 2. The van der Waals surface area contributed by atoms with Crippen molar-refractivity contribution >= 4 is 17.7 Å². The van der Waals surface area contributed by atoms with Crippen LogP contribution in [0.5, 0.6) is 0 Å². The number of furan rings is 2. The predicted molar refractivity (Wildman–Crippen MR) is 115 cm³/mol. The van der Waals surface area contributed by atoms with E-state index in [2.05, 4.69) is 20.9 Å². The van der Waals surface area contributed by atoms with Crippen molar-refractivity contribution in [3.05, 3.63) is 84.8 Å². The second kappa shape index (κ2) is 9.85. The topological polar surface area (TPSA) is 145 Å². The number of benzene rings is 1. The van der Waals surface area contributed by atoms with E-state index in [9.17, 15) is 4.79 Å². The van der Waals surface area contributed by atoms with Crippen molar-refractivity contribution < 1.29 is 22.7 Å². The van der Waals surface area contributed by atoms with Crippen LogP contribution in [-0.4, -0.2) is 16.3 Å². The number of carbonyl (C=O) groups excluding carboxylic acids is 1. The maximum absolute atomic E-state index is 11.8. The van der Waals surface area contributed by atoms with Crippen LogP contribution in [0.15, 0.2) is 97.1 Å². The minimum atomic E-state index is -0.349. The molecule has 0 saturated heterocycles. The summed E-state index contributed by atoms with van der Waals surface area (Å²) in [5, 5.41) is 12.6. The van der Waals surface area contributed by atoms with Crippen molar-refractivity contribution in [2.45, 2.75) is 6.54 Å². The van der Waals surface area contributed by atoms with Gasteiger partial charge in [0.05, 0.1) is 12.5 Å². The second-order valence-corrected chi connectivity index (χ2v) is 6.44. The Morgan fingerprint density at radius 1 is 0.812 bits per heavy atom. The average molecular weight is 433 g/mol. The van der Waals surface area contributed by atoms with Gasteiger partial charge in [-0.2, -0.15) is 0 Å². The summed E-state index contributed by atoms with van der Waals surface area (Å²) < 4.78 is 20.2. The third-order valence-corrected chi connectivity index (χ3v) is 4.10. The van der Waals surface area contributed by atoms with Gasteiger partial charge in [-0.05, 0) is 29.8 Å². The monoisotopic (exact) mass is 433 g/mol. The van der Waals surface area contributed by atoms with E-state index in [1.165, 1.54) is 6.26 Å². The molecule has 10 nitrogen and oxygen atoms in total. The molecule has 4 N–H and O–H groups in total. The number of urea groups is 1. The molecule has 0 aliphatic heterocycles. The minimum absolute atomic E-state index is 0.326. The van der Waals surface area contributed by atoms with Gasteiger partial charge in [-0.15, -0.1) is 0 Å². The molecule has 0 unspecified atom stereocenters. The van der Waals surface area contributed by atoms with Gasteiger partial charge >= 0.3 is 6.03 Å². The number of carbonyl (C=O) groups is 1. The molecule has 4 aromatic heterocycles. The Kier molecular flexibility index (Phi) is 6.32. The van der Waals surface area contributed by atoms with Crippen molar-refractivity contribution in [1.29, 1.82) is 0 Å². The van der Waals surface area contributed by atoms with Gasteiger partial charge in [-0.3, -0.25) is 5.32 Å². The summed E-state index contributed by atoms with van der Waals surface area (Å²) in [4.78, 5) is 11.8. The highest BCUT2D eigenvalue weighted by molar-refractivity contribution is 5.88. The molecule has 0 aliphatic carbocycles. The van der Waals surface area contributed by atoms with Crippen molar-refractivity contribution in [2.24, 2.45) is 0 Å². The largest absolute Gasteiger partial charge is 0.461 e. The maximum Gasteiger partial charge on any atom is 0.320 e. The summed E-state index contributed by atoms with van der Waals surface area (Å²) in [6.45, 7) is 0.440. The molecule has 4 heterocycles. The Hall–Kier alpha value is -4.73. The van der Waals surface area contributed by atoms with Crippen LogP contribution in [0.25, 0.3) is 23.0 Å². The Morgan fingerprint density at radius 3 is 2.06 bits per heavy atom. The van der Waals surface area contributed by atoms with Crippen LogP contribution >= 0.6 is 0 Å². The molecule has 32 heavy (non-hydrogen) atoms. The molecular weight excluding hydrogens is 414 g/mol. The van der Waals surface area contributed by atoms with Crippen molar-refractivity contribution in [1.82, 2.24) is 15.6 Å². The Morgan fingerprint density at radius 2 is 1.47 bits per heavy atom. The maximum atomic E-state index is 11.8. The van der Waals surface area contributed by atoms with Gasteiger partial charge in [0.2, 0.25) is 11.5 Å². The standard InChI is InChI=1S/C15H13N3O3.C7H6N2O2/c19-15(16-10-11-5-2-1-3-6-11)17-14-9-13(21-18-14)12-7-4-8-20-12;8-7-4-6(11-9-7)5-2-1-3-10-5/h1-9H,10H2,(H2,16,17,18,19);1-4H,(H2,8,9). The summed E-state index contributed by atoms with van der Waals surface area (Å²) in [5.74, 6) is 2.88. The van der Waals surface area contributed by atoms with Crippen LogP contribution in [0, 0.1) is 0 Å². The van der Waals surface area contributed by atoms with Gasteiger partial charge in [0.1, 0.15) is 0 Å². The first-order valence-electron chi connectivity index (χ1n) is 9.53. The lowest BCUT2D eigenvalue weighted by molar-refractivity contribution is 0.251. The first-order chi connectivity index (χ1) is 15.7. The summed E-state index contributed by atoms with van der Waals surface area (Å²) in [7, 11) is 0. The van der Waals surface area contributed by atoms with Gasteiger partial charge < -0.3 is 28.9 Å². The van der Waals surface area contributed by atoms with Gasteiger partial charge in [-0.25, -0.2) is 4.79 Å². The van der Waals surface area contributed by atoms with Gasteiger partial charge in [0.15, 0.2) is 23.2 Å². The molecule has 162 valence electrons. The highest BCUT2D eigenvalue weighted by Gasteiger charge is 2.11. The first kappa shape index (κ1) is 20.5. The zero-order chi connectivity index (χ0) is 22.2. The van der Waals surface area contributed by atoms with Gasteiger partial charge in [0.25, 0.3) is 0 Å². The zero-order valence-electron chi connectivity index (χ0n) is 16.7. The lowest BCUT2D eigenvalue weighted by Crippen LogP contribution is -2.28. The van der Waals surface area contributed by atoms with Gasteiger partial charge in [0, 0.05) is 18.7 Å². The van der Waals surface area contributed by atoms with E-state index in [-0.39, 0.29) is 6.03 Å². The van der Waals surface area contributed by atoms with E-state index in [0.29, 0.717) is 41.2 Å². The third-order valence-electron chi connectivity index (χ3n) is 4.10. The predicted octanol–water partition coefficient (Wildman–Crippen LogP) is 4.77. The molecular formula is C22H19N5O5. The molecule has 0 saturated carbocycles. The van der Waals surface area contributed by atoms with E-state index < -0.39 is 0 Å². The van der Waals surface area contributed by atoms with Crippen molar-refractivity contribution in [3.8, 4) is 23.0 Å². The fourth-order valence-corrected chi connectivity index (χ4v) is 2.63. The van der Waals surface area contributed by atoms with Crippen LogP contribution in [0.3, 0.4) is 0 Å². The van der Waals surface area contributed by atoms with Crippen molar-refractivity contribution in [2.75, 3.05) is 11.1 Å². The van der Waals surface area contributed by atoms with E-state index in [1.54, 1.807) is 42.7 Å². The fourth-order valence-electron chi connectivity index (χ4n) is 2.63. The molecule has 0 fully saturated rings. The molecule has 10 heteroatoms. The van der Waals surface area contributed by atoms with E-state index in [4.69, 9.17) is 23.6 Å². The number of rotatable bonds is 5. The fraction of sp³-hybridized carbons (Fsp3) is 0.0455. The van der Waals surface area contributed by atoms with E-state index >= 15 is 0 Å². The number of nitrogen functional groups attached to an aromatic ring is 1. The highest BCUT2D eigenvalue weighted by Crippen LogP contribution is 2.22. The SMILES string of the molecule is Nc1cc(-c2ccco2)on1.O=C(NCc1ccccc1)Nc1cc(-c2ccco2)on1. The third kappa shape index (κ3) is 5.45. The molecule has 0 radical (unpaired) electrons. The molecule has 0 aliphatic rings. The normalized spacial score (nSPS) is 10.2. The highest BCUT2D eigenvalue weighted by atomic mass is 16.5. The van der Waals surface area contributed by atoms with Crippen LogP contribution in [-0.2, 0) is 6.54 Å². The number of nitrogens with zero attached hydrogens (tertiary/aromatic N) is 2. The molecule has 2 amide bonds. The van der Waals surface area contributed by atoms with Crippen LogP contribution in [0.4, 0.5) is 16.4 Å². The number of nitrogens with two attached hydrogens (primary N) is 1. The van der Waals surface area contributed by atoms with Gasteiger partial charge in [-0.1, -0.05) is 40.6 Å². The van der Waals surface area contributed by atoms with Crippen molar-refractivity contribution in [3.63, 3.8) is 0 Å². The summed E-state index contributed by atoms with van der Waals surface area (Å²) in [6.07, 6.45) is 3.10. The lowest BCUT2D eigenvalue weighted by atomic mass is 10.2. The van der Waals surface area contributed by atoms with E-state index in [1.807, 2.05) is 30.3 Å². The Labute approximate surface area is 182 Å². The first-order valence-corrected chi connectivity index (χ1v) is 9.53. The molecule has 5 aromatic rings. The molecule has 1 aromatic carbocycles. The lowest BCUT2D eigenvalue weighted by Gasteiger charge is -2.04. The number of amides is 2. The van der Waals surface area contributed by atoms with Crippen LogP contribution < -0.4 is 16.4 Å². The van der Waals surface area contributed by atoms with E-state index in [0.717, 1.165) is 5.56 Å². The quantitative estimate of drug-likeness (QED) is 0.359. The molecule has 5 rings (SSSR count). The molecule has 0 spiro atoms. The second-order valence-electron chi connectivity index (χ2n) is 6.44.